The Balaban J connectivity index is 2.47. The molecule has 4 heteroatoms. The molecular formula is C13H7BrCl2O. The smallest absolute Gasteiger partial charge is 0.194 e. The van der Waals surface area contributed by atoms with Crippen molar-refractivity contribution in [3.63, 3.8) is 0 Å². The third-order valence-electron chi connectivity index (χ3n) is 2.26. The van der Waals surface area contributed by atoms with Crippen molar-refractivity contribution in [3.05, 3.63) is 68.1 Å². The Morgan fingerprint density at radius 3 is 2.53 bits per heavy atom. The zero-order valence-electron chi connectivity index (χ0n) is 8.58. The number of ketones is 1. The van der Waals surface area contributed by atoms with Crippen LogP contribution >= 0.6 is 39.1 Å². The van der Waals surface area contributed by atoms with Crippen LogP contribution in [0.25, 0.3) is 0 Å². The van der Waals surface area contributed by atoms with Gasteiger partial charge in [0.05, 0.1) is 5.02 Å². The standard InChI is InChI=1S/C13H7BrCl2O/c14-9-3-1-2-8(6-9)13(17)11-7-10(15)4-5-12(11)16/h1-7H. The van der Waals surface area contributed by atoms with Crippen LogP contribution in [0.15, 0.2) is 46.9 Å². The molecule has 86 valence electrons. The molecular weight excluding hydrogens is 323 g/mol. The van der Waals surface area contributed by atoms with Gasteiger partial charge < -0.3 is 0 Å². The second kappa shape index (κ2) is 5.21. The molecule has 17 heavy (non-hydrogen) atoms. The van der Waals surface area contributed by atoms with Crippen molar-refractivity contribution in [2.45, 2.75) is 0 Å². The van der Waals surface area contributed by atoms with Crippen molar-refractivity contribution >= 4 is 44.9 Å². The molecule has 2 rings (SSSR count). The summed E-state index contributed by atoms with van der Waals surface area (Å²) in [6.07, 6.45) is 0. The largest absolute Gasteiger partial charge is 0.289 e. The van der Waals surface area contributed by atoms with Crippen LogP contribution in [-0.2, 0) is 0 Å². The second-order valence-corrected chi connectivity index (χ2v) is 5.22. The lowest BCUT2D eigenvalue weighted by atomic mass is 10.0. The van der Waals surface area contributed by atoms with E-state index in [0.29, 0.717) is 21.2 Å². The average Bonchev–Trinajstić information content (AvgIpc) is 2.31. The van der Waals surface area contributed by atoms with Crippen LogP contribution in [0.4, 0.5) is 0 Å². The molecule has 0 N–H and O–H groups in total. The number of carbonyl (C=O) groups is 1. The quantitative estimate of drug-likeness (QED) is 0.709. The highest BCUT2D eigenvalue weighted by Gasteiger charge is 2.13. The van der Waals surface area contributed by atoms with Crippen molar-refractivity contribution < 1.29 is 4.79 Å². The van der Waals surface area contributed by atoms with E-state index in [1.54, 1.807) is 36.4 Å². The van der Waals surface area contributed by atoms with E-state index in [1.165, 1.54) is 0 Å². The van der Waals surface area contributed by atoms with Gasteiger partial charge in [-0.2, -0.15) is 0 Å². The van der Waals surface area contributed by atoms with Crippen LogP contribution in [0.1, 0.15) is 15.9 Å². The topological polar surface area (TPSA) is 17.1 Å². The van der Waals surface area contributed by atoms with Gasteiger partial charge in [-0.05, 0) is 30.3 Å². The molecule has 0 saturated heterocycles. The number of benzene rings is 2. The Bertz CT molecular complexity index is 581. The van der Waals surface area contributed by atoms with Crippen LogP contribution in [0.2, 0.25) is 10.0 Å². The van der Waals surface area contributed by atoms with Gasteiger partial charge in [-0.3, -0.25) is 4.79 Å². The van der Waals surface area contributed by atoms with Gasteiger partial charge in [-0.25, -0.2) is 0 Å². The van der Waals surface area contributed by atoms with Gasteiger partial charge in [-0.1, -0.05) is 51.3 Å². The van der Waals surface area contributed by atoms with Crippen molar-refractivity contribution in [3.8, 4) is 0 Å². The molecule has 0 atom stereocenters. The molecule has 0 aliphatic rings. The first-order valence-electron chi connectivity index (χ1n) is 4.83. The Labute approximate surface area is 117 Å². The molecule has 1 nitrogen and oxygen atoms in total. The van der Waals surface area contributed by atoms with Gasteiger partial charge in [0.2, 0.25) is 0 Å². The fourth-order valence-corrected chi connectivity index (χ4v) is 2.23. The monoisotopic (exact) mass is 328 g/mol. The summed E-state index contributed by atoms with van der Waals surface area (Å²) in [6.45, 7) is 0. The molecule has 0 heterocycles. The van der Waals surface area contributed by atoms with Crippen LogP contribution < -0.4 is 0 Å². The minimum atomic E-state index is -0.140. The molecule has 0 unspecified atom stereocenters. The van der Waals surface area contributed by atoms with Crippen LogP contribution in [0.5, 0.6) is 0 Å². The molecule has 0 saturated carbocycles. The van der Waals surface area contributed by atoms with E-state index in [-0.39, 0.29) is 5.78 Å². The predicted octanol–water partition coefficient (Wildman–Crippen LogP) is 4.99. The fraction of sp³-hybridized carbons (Fsp3) is 0. The summed E-state index contributed by atoms with van der Waals surface area (Å²) in [5.41, 5.74) is 0.987. The number of rotatable bonds is 2. The van der Waals surface area contributed by atoms with E-state index in [2.05, 4.69) is 15.9 Å². The maximum atomic E-state index is 12.2. The molecule has 0 amide bonds. The van der Waals surface area contributed by atoms with Crippen molar-refractivity contribution in [2.24, 2.45) is 0 Å². The van der Waals surface area contributed by atoms with E-state index >= 15 is 0 Å². The fourth-order valence-electron chi connectivity index (χ4n) is 1.46. The number of carbonyl (C=O) groups excluding carboxylic acids is 1. The summed E-state index contributed by atoms with van der Waals surface area (Å²) < 4.78 is 0.849. The normalized spacial score (nSPS) is 10.3. The Morgan fingerprint density at radius 2 is 1.82 bits per heavy atom. The molecule has 0 aliphatic carbocycles. The zero-order valence-corrected chi connectivity index (χ0v) is 11.7. The van der Waals surface area contributed by atoms with Gasteiger partial charge in [-0.15, -0.1) is 0 Å². The molecule has 0 aliphatic heterocycles. The lowest BCUT2D eigenvalue weighted by Crippen LogP contribution is -2.02. The minimum Gasteiger partial charge on any atom is -0.289 e. The maximum Gasteiger partial charge on any atom is 0.194 e. The van der Waals surface area contributed by atoms with Gasteiger partial charge >= 0.3 is 0 Å². The van der Waals surface area contributed by atoms with E-state index in [9.17, 15) is 4.79 Å². The van der Waals surface area contributed by atoms with E-state index in [1.807, 2.05) is 6.07 Å². The first-order valence-corrected chi connectivity index (χ1v) is 6.38. The van der Waals surface area contributed by atoms with Gasteiger partial charge in [0.15, 0.2) is 5.78 Å². The SMILES string of the molecule is O=C(c1cccc(Br)c1)c1cc(Cl)ccc1Cl. The van der Waals surface area contributed by atoms with Crippen LogP contribution in [0, 0.1) is 0 Å². The zero-order chi connectivity index (χ0) is 12.4. The van der Waals surface area contributed by atoms with Crippen molar-refractivity contribution in [2.75, 3.05) is 0 Å². The lowest BCUT2D eigenvalue weighted by Gasteiger charge is -2.04. The van der Waals surface area contributed by atoms with Crippen molar-refractivity contribution in [1.82, 2.24) is 0 Å². The summed E-state index contributed by atoms with van der Waals surface area (Å²) in [4.78, 5) is 12.2. The molecule has 0 spiro atoms. The number of hydrogen-bond acceptors (Lipinski definition) is 1. The third-order valence-corrected chi connectivity index (χ3v) is 3.32. The molecule has 2 aromatic rings. The number of halogens is 3. The van der Waals surface area contributed by atoms with E-state index in [4.69, 9.17) is 23.2 Å². The first-order chi connectivity index (χ1) is 8.08. The average molecular weight is 330 g/mol. The van der Waals surface area contributed by atoms with Crippen LogP contribution in [-0.4, -0.2) is 5.78 Å². The van der Waals surface area contributed by atoms with Gasteiger partial charge in [0.1, 0.15) is 0 Å². The molecule has 0 fully saturated rings. The van der Waals surface area contributed by atoms with Crippen molar-refractivity contribution in [1.29, 1.82) is 0 Å². The van der Waals surface area contributed by atoms with E-state index < -0.39 is 0 Å². The summed E-state index contributed by atoms with van der Waals surface area (Å²) in [5.74, 6) is -0.140. The lowest BCUT2D eigenvalue weighted by molar-refractivity contribution is 0.103. The van der Waals surface area contributed by atoms with E-state index in [0.717, 1.165) is 4.47 Å². The molecule has 2 aromatic carbocycles. The van der Waals surface area contributed by atoms with Gasteiger partial charge in [0.25, 0.3) is 0 Å². The highest BCUT2D eigenvalue weighted by molar-refractivity contribution is 9.10. The Kier molecular flexibility index (Phi) is 3.87. The summed E-state index contributed by atoms with van der Waals surface area (Å²) in [6, 6.07) is 12.0. The Morgan fingerprint density at radius 1 is 1.06 bits per heavy atom. The molecule has 0 aromatic heterocycles. The highest BCUT2D eigenvalue weighted by atomic mass is 79.9. The van der Waals surface area contributed by atoms with Gasteiger partial charge in [0, 0.05) is 20.6 Å². The minimum absolute atomic E-state index is 0.140. The molecule has 0 radical (unpaired) electrons. The third kappa shape index (κ3) is 2.89. The number of hydrogen-bond donors (Lipinski definition) is 0. The first kappa shape index (κ1) is 12.6. The van der Waals surface area contributed by atoms with Crippen LogP contribution in [0.3, 0.4) is 0 Å². The summed E-state index contributed by atoms with van der Waals surface area (Å²) >= 11 is 15.2. The maximum absolute atomic E-state index is 12.2. The summed E-state index contributed by atoms with van der Waals surface area (Å²) in [7, 11) is 0. The highest BCUT2D eigenvalue weighted by Crippen LogP contribution is 2.24. The summed E-state index contributed by atoms with van der Waals surface area (Å²) in [5, 5.41) is 0.895. The second-order valence-electron chi connectivity index (χ2n) is 3.46. The molecule has 0 bridgehead atoms. The predicted molar refractivity (Wildman–Crippen MR) is 74.0 cm³/mol. The Hall–Kier alpha value is -0.830.